The van der Waals surface area contributed by atoms with E-state index < -0.39 is 0 Å². The summed E-state index contributed by atoms with van der Waals surface area (Å²) in [4.78, 5) is 15.6. The Labute approximate surface area is 92.1 Å². The van der Waals surface area contributed by atoms with Gasteiger partial charge >= 0.3 is 0 Å². The summed E-state index contributed by atoms with van der Waals surface area (Å²) < 4.78 is 1.04. The first-order chi connectivity index (χ1) is 7.31. The molecule has 2 aromatic heterocycles. The van der Waals surface area contributed by atoms with E-state index >= 15 is 0 Å². The van der Waals surface area contributed by atoms with E-state index in [4.69, 9.17) is 0 Å². The number of rotatable bonds is 3. The molecule has 78 valence electrons. The van der Waals surface area contributed by atoms with Crippen molar-refractivity contribution in [1.82, 2.24) is 4.98 Å². The summed E-state index contributed by atoms with van der Waals surface area (Å²) in [6.45, 7) is 1.98. The fraction of sp³-hybridized carbons (Fsp3) is 0.273. The molecule has 0 radical (unpaired) electrons. The molecule has 3 nitrogen and oxygen atoms in total. The normalized spacial score (nSPS) is 10.5. The molecular weight excluding hydrogens is 208 g/mol. The number of carbonyl (C=O) groups is 1. The van der Waals surface area contributed by atoms with Gasteiger partial charge in [-0.05, 0) is 29.3 Å². The van der Waals surface area contributed by atoms with E-state index in [1.54, 1.807) is 17.5 Å². The van der Waals surface area contributed by atoms with Crippen molar-refractivity contribution in [3.8, 4) is 0 Å². The zero-order chi connectivity index (χ0) is 10.7. The highest BCUT2D eigenvalue weighted by Gasteiger charge is 2.06. The van der Waals surface area contributed by atoms with Crippen molar-refractivity contribution in [2.45, 2.75) is 19.8 Å². The van der Waals surface area contributed by atoms with E-state index in [-0.39, 0.29) is 5.91 Å². The monoisotopic (exact) mass is 220 g/mol. The van der Waals surface area contributed by atoms with Crippen molar-refractivity contribution >= 4 is 33.1 Å². The second kappa shape index (κ2) is 4.40. The van der Waals surface area contributed by atoms with Gasteiger partial charge in [0.15, 0.2) is 5.82 Å². The molecule has 0 atom stereocenters. The molecule has 0 aliphatic rings. The van der Waals surface area contributed by atoms with Gasteiger partial charge in [-0.25, -0.2) is 4.98 Å². The number of amides is 1. The van der Waals surface area contributed by atoms with Crippen molar-refractivity contribution in [3.05, 3.63) is 23.7 Å². The van der Waals surface area contributed by atoms with Crippen LogP contribution in [0.4, 0.5) is 5.82 Å². The predicted octanol–water partition coefficient (Wildman–Crippen LogP) is 3.03. The average molecular weight is 220 g/mol. The van der Waals surface area contributed by atoms with Gasteiger partial charge in [-0.1, -0.05) is 6.92 Å². The van der Waals surface area contributed by atoms with Crippen LogP contribution in [0.5, 0.6) is 0 Å². The number of fused-ring (bicyclic) bond motifs is 1. The van der Waals surface area contributed by atoms with Crippen LogP contribution in [-0.4, -0.2) is 10.9 Å². The van der Waals surface area contributed by atoms with Crippen LogP contribution in [0.3, 0.4) is 0 Å². The molecule has 0 unspecified atom stereocenters. The maximum absolute atomic E-state index is 11.4. The lowest BCUT2D eigenvalue weighted by molar-refractivity contribution is -0.116. The predicted molar refractivity (Wildman–Crippen MR) is 63.2 cm³/mol. The van der Waals surface area contributed by atoms with Crippen LogP contribution in [0.25, 0.3) is 10.1 Å². The van der Waals surface area contributed by atoms with Crippen molar-refractivity contribution in [3.63, 3.8) is 0 Å². The van der Waals surface area contributed by atoms with Crippen molar-refractivity contribution in [2.75, 3.05) is 5.32 Å². The van der Waals surface area contributed by atoms with Crippen LogP contribution >= 0.6 is 11.3 Å². The number of nitrogens with one attached hydrogen (secondary N) is 1. The Kier molecular flexibility index (Phi) is 2.97. The Morgan fingerprint density at radius 1 is 1.53 bits per heavy atom. The second-order valence-electron chi connectivity index (χ2n) is 3.30. The number of pyridine rings is 1. The number of nitrogens with zero attached hydrogens (tertiary/aromatic N) is 1. The molecule has 0 spiro atoms. The molecule has 0 aromatic carbocycles. The molecule has 4 heteroatoms. The number of anilines is 1. The summed E-state index contributed by atoms with van der Waals surface area (Å²) >= 11 is 1.60. The molecule has 0 saturated heterocycles. The summed E-state index contributed by atoms with van der Waals surface area (Å²) in [5, 5.41) is 5.96. The van der Waals surface area contributed by atoms with E-state index in [0.29, 0.717) is 12.2 Å². The van der Waals surface area contributed by atoms with Gasteiger partial charge in [-0.3, -0.25) is 4.79 Å². The molecular formula is C11H12N2OS. The van der Waals surface area contributed by atoms with Crippen LogP contribution in [-0.2, 0) is 4.79 Å². The fourth-order valence-electron chi connectivity index (χ4n) is 1.40. The molecule has 2 heterocycles. The SMILES string of the molecule is CCCC(=O)Nc1nccc2ccsc12. The van der Waals surface area contributed by atoms with E-state index in [0.717, 1.165) is 16.5 Å². The van der Waals surface area contributed by atoms with Crippen molar-refractivity contribution < 1.29 is 4.79 Å². The minimum Gasteiger partial charge on any atom is -0.310 e. The van der Waals surface area contributed by atoms with Crippen LogP contribution in [0.15, 0.2) is 23.7 Å². The fourth-order valence-corrected chi connectivity index (χ4v) is 2.24. The Morgan fingerprint density at radius 3 is 3.20 bits per heavy atom. The van der Waals surface area contributed by atoms with E-state index in [2.05, 4.69) is 10.3 Å². The van der Waals surface area contributed by atoms with Crippen LogP contribution < -0.4 is 5.32 Å². The minimum absolute atomic E-state index is 0.0332. The molecule has 0 aliphatic heterocycles. The third-order valence-electron chi connectivity index (χ3n) is 2.10. The van der Waals surface area contributed by atoms with Crippen molar-refractivity contribution in [1.29, 1.82) is 0 Å². The van der Waals surface area contributed by atoms with Crippen LogP contribution in [0, 0.1) is 0 Å². The maximum Gasteiger partial charge on any atom is 0.225 e. The molecule has 15 heavy (non-hydrogen) atoms. The van der Waals surface area contributed by atoms with Crippen LogP contribution in [0.2, 0.25) is 0 Å². The Balaban J connectivity index is 2.27. The molecule has 1 amide bonds. The van der Waals surface area contributed by atoms with Gasteiger partial charge in [0.05, 0.1) is 4.70 Å². The molecule has 0 saturated carbocycles. The topological polar surface area (TPSA) is 42.0 Å². The molecule has 0 fully saturated rings. The van der Waals surface area contributed by atoms with Gasteiger partial charge in [0.2, 0.25) is 5.91 Å². The molecule has 2 rings (SSSR count). The first-order valence-corrected chi connectivity index (χ1v) is 5.81. The standard InChI is InChI=1S/C11H12N2OS/c1-2-3-9(14)13-11-10-8(4-6-12-11)5-7-15-10/h4-7H,2-3H2,1H3,(H,12,13,14). The quantitative estimate of drug-likeness (QED) is 0.863. The lowest BCUT2D eigenvalue weighted by Gasteiger charge is -2.03. The first-order valence-electron chi connectivity index (χ1n) is 4.93. The summed E-state index contributed by atoms with van der Waals surface area (Å²) in [6.07, 6.45) is 3.12. The van der Waals surface area contributed by atoms with Gasteiger partial charge < -0.3 is 5.32 Å². The average Bonchev–Trinajstić information content (AvgIpc) is 2.67. The molecule has 0 bridgehead atoms. The number of hydrogen-bond donors (Lipinski definition) is 1. The summed E-state index contributed by atoms with van der Waals surface area (Å²) in [5.74, 6) is 0.715. The lowest BCUT2D eigenvalue weighted by atomic mass is 10.3. The smallest absolute Gasteiger partial charge is 0.225 e. The van der Waals surface area contributed by atoms with Gasteiger partial charge in [-0.15, -0.1) is 11.3 Å². The second-order valence-corrected chi connectivity index (χ2v) is 4.21. The maximum atomic E-state index is 11.4. The number of hydrogen-bond acceptors (Lipinski definition) is 3. The molecule has 0 aliphatic carbocycles. The van der Waals surface area contributed by atoms with Gasteiger partial charge in [-0.2, -0.15) is 0 Å². The first kappa shape index (κ1) is 10.1. The van der Waals surface area contributed by atoms with Gasteiger partial charge in [0, 0.05) is 12.6 Å². The Morgan fingerprint density at radius 2 is 2.40 bits per heavy atom. The Hall–Kier alpha value is -1.42. The molecule has 1 N–H and O–H groups in total. The zero-order valence-electron chi connectivity index (χ0n) is 8.49. The number of carbonyl (C=O) groups excluding carboxylic acids is 1. The zero-order valence-corrected chi connectivity index (χ0v) is 9.30. The van der Waals surface area contributed by atoms with Gasteiger partial charge in [0.25, 0.3) is 0 Å². The number of aromatic nitrogens is 1. The summed E-state index contributed by atoms with van der Waals surface area (Å²) in [7, 11) is 0. The third kappa shape index (κ3) is 2.15. The summed E-state index contributed by atoms with van der Waals surface area (Å²) in [5.41, 5.74) is 0. The highest BCUT2D eigenvalue weighted by atomic mass is 32.1. The Bertz CT molecular complexity index is 478. The highest BCUT2D eigenvalue weighted by Crippen LogP contribution is 2.26. The van der Waals surface area contributed by atoms with E-state index in [9.17, 15) is 4.79 Å². The third-order valence-corrected chi connectivity index (χ3v) is 3.04. The summed E-state index contributed by atoms with van der Waals surface area (Å²) in [6, 6.07) is 3.97. The molecule has 2 aromatic rings. The lowest BCUT2D eigenvalue weighted by Crippen LogP contribution is -2.11. The minimum atomic E-state index is 0.0332. The number of thiophene rings is 1. The largest absolute Gasteiger partial charge is 0.310 e. The van der Waals surface area contributed by atoms with Crippen LogP contribution in [0.1, 0.15) is 19.8 Å². The van der Waals surface area contributed by atoms with E-state index in [1.165, 1.54) is 0 Å². The van der Waals surface area contributed by atoms with Gasteiger partial charge in [0.1, 0.15) is 0 Å². The highest BCUT2D eigenvalue weighted by molar-refractivity contribution is 7.17. The van der Waals surface area contributed by atoms with E-state index in [1.807, 2.05) is 24.4 Å². The van der Waals surface area contributed by atoms with Crippen molar-refractivity contribution in [2.24, 2.45) is 0 Å².